The molecule has 0 amide bonds. The van der Waals surface area contributed by atoms with Crippen molar-refractivity contribution in [1.29, 1.82) is 5.26 Å². The van der Waals surface area contributed by atoms with E-state index < -0.39 is 5.41 Å². The molecule has 0 saturated heterocycles. The maximum atomic E-state index is 13.5. The van der Waals surface area contributed by atoms with E-state index in [0.29, 0.717) is 10.9 Å². The van der Waals surface area contributed by atoms with Crippen molar-refractivity contribution in [3.8, 4) is 6.07 Å². The SMILES string of the molecule is N#CC1(Cc2cc(F)cc(Br)c2)CCc2ccccc21. The Kier molecular flexibility index (Phi) is 3.35. The lowest BCUT2D eigenvalue weighted by Crippen LogP contribution is -2.24. The minimum absolute atomic E-state index is 0.270. The lowest BCUT2D eigenvalue weighted by atomic mass is 9.78. The second-order valence-electron chi connectivity index (χ2n) is 5.31. The van der Waals surface area contributed by atoms with E-state index in [1.165, 1.54) is 17.7 Å². The van der Waals surface area contributed by atoms with Crippen molar-refractivity contribution in [2.24, 2.45) is 0 Å². The Balaban J connectivity index is 2.02. The summed E-state index contributed by atoms with van der Waals surface area (Å²) in [4.78, 5) is 0. The molecule has 0 N–H and O–H groups in total. The summed E-state index contributed by atoms with van der Waals surface area (Å²) in [6, 6.07) is 15.4. The Morgan fingerprint density at radius 3 is 2.80 bits per heavy atom. The Morgan fingerprint density at radius 2 is 2.05 bits per heavy atom. The van der Waals surface area contributed by atoms with E-state index in [1.54, 1.807) is 0 Å². The van der Waals surface area contributed by atoms with Crippen LogP contribution in [-0.4, -0.2) is 0 Å². The average molecular weight is 330 g/mol. The first-order chi connectivity index (χ1) is 9.63. The maximum Gasteiger partial charge on any atom is 0.124 e. The van der Waals surface area contributed by atoms with Crippen molar-refractivity contribution in [3.63, 3.8) is 0 Å². The Labute approximate surface area is 126 Å². The zero-order chi connectivity index (χ0) is 14.2. The average Bonchev–Trinajstić information content (AvgIpc) is 2.78. The molecule has 0 spiro atoms. The van der Waals surface area contributed by atoms with Gasteiger partial charge in [0.05, 0.1) is 11.5 Å². The molecule has 100 valence electrons. The summed E-state index contributed by atoms with van der Waals surface area (Å²) in [7, 11) is 0. The monoisotopic (exact) mass is 329 g/mol. The number of halogens is 2. The van der Waals surface area contributed by atoms with Gasteiger partial charge in [0.1, 0.15) is 5.82 Å². The van der Waals surface area contributed by atoms with Crippen LogP contribution in [0.2, 0.25) is 0 Å². The molecule has 0 bridgehead atoms. The number of fused-ring (bicyclic) bond motifs is 1. The molecule has 1 unspecified atom stereocenters. The van der Waals surface area contributed by atoms with Crippen LogP contribution >= 0.6 is 15.9 Å². The third kappa shape index (κ3) is 2.25. The molecule has 0 aromatic heterocycles. The summed E-state index contributed by atoms with van der Waals surface area (Å²) in [5, 5.41) is 9.71. The van der Waals surface area contributed by atoms with Gasteiger partial charge in [-0.3, -0.25) is 0 Å². The molecular weight excluding hydrogens is 317 g/mol. The van der Waals surface area contributed by atoms with Gasteiger partial charge in [0.25, 0.3) is 0 Å². The summed E-state index contributed by atoms with van der Waals surface area (Å²) in [5.74, 6) is -0.270. The maximum absolute atomic E-state index is 13.5. The minimum Gasteiger partial charge on any atom is -0.207 e. The van der Waals surface area contributed by atoms with Gasteiger partial charge in [-0.2, -0.15) is 5.26 Å². The first-order valence-electron chi connectivity index (χ1n) is 6.58. The smallest absolute Gasteiger partial charge is 0.124 e. The highest BCUT2D eigenvalue weighted by molar-refractivity contribution is 9.10. The Morgan fingerprint density at radius 1 is 1.25 bits per heavy atom. The van der Waals surface area contributed by atoms with Gasteiger partial charge in [0, 0.05) is 4.47 Å². The Bertz CT molecular complexity index is 684. The van der Waals surface area contributed by atoms with E-state index >= 15 is 0 Å². The number of hydrogen-bond donors (Lipinski definition) is 0. The van der Waals surface area contributed by atoms with E-state index in [9.17, 15) is 9.65 Å². The predicted octanol–water partition coefficient (Wildman–Crippen LogP) is 4.54. The van der Waals surface area contributed by atoms with E-state index in [2.05, 4.69) is 28.1 Å². The van der Waals surface area contributed by atoms with E-state index in [1.807, 2.05) is 24.3 Å². The highest BCUT2D eigenvalue weighted by Gasteiger charge is 2.38. The Hall–Kier alpha value is -1.66. The number of benzene rings is 2. The predicted molar refractivity (Wildman–Crippen MR) is 79.9 cm³/mol. The van der Waals surface area contributed by atoms with Crippen molar-refractivity contribution >= 4 is 15.9 Å². The van der Waals surface area contributed by atoms with Gasteiger partial charge < -0.3 is 0 Å². The highest BCUT2D eigenvalue weighted by Crippen LogP contribution is 2.41. The highest BCUT2D eigenvalue weighted by atomic mass is 79.9. The van der Waals surface area contributed by atoms with Crippen LogP contribution in [-0.2, 0) is 18.3 Å². The molecule has 3 heteroatoms. The normalized spacial score (nSPS) is 20.4. The molecule has 2 aromatic rings. The number of nitrogens with zero attached hydrogens (tertiary/aromatic N) is 1. The molecule has 2 aromatic carbocycles. The van der Waals surface area contributed by atoms with Gasteiger partial charge in [-0.15, -0.1) is 0 Å². The zero-order valence-corrected chi connectivity index (χ0v) is 12.5. The standard InChI is InChI=1S/C17H13BrFN/c18-14-7-12(8-15(19)9-14)10-17(11-20)6-5-13-3-1-2-4-16(13)17/h1-4,7-9H,5-6,10H2. The van der Waals surface area contributed by atoms with Crippen LogP contribution in [0.25, 0.3) is 0 Å². The first kappa shape index (κ1) is 13.3. The van der Waals surface area contributed by atoms with Gasteiger partial charge >= 0.3 is 0 Å². The van der Waals surface area contributed by atoms with E-state index in [4.69, 9.17) is 0 Å². The number of hydrogen-bond acceptors (Lipinski definition) is 1. The van der Waals surface area contributed by atoms with E-state index in [-0.39, 0.29) is 5.82 Å². The minimum atomic E-state index is -0.524. The van der Waals surface area contributed by atoms with E-state index in [0.717, 1.165) is 24.0 Å². The van der Waals surface area contributed by atoms with Crippen LogP contribution < -0.4 is 0 Å². The van der Waals surface area contributed by atoms with Crippen molar-refractivity contribution < 1.29 is 4.39 Å². The van der Waals surface area contributed by atoms with Gasteiger partial charge in [0.15, 0.2) is 0 Å². The number of nitriles is 1. The van der Waals surface area contributed by atoms with Crippen LogP contribution in [0, 0.1) is 17.1 Å². The molecule has 0 aliphatic heterocycles. The van der Waals surface area contributed by atoms with Crippen molar-refractivity contribution in [1.82, 2.24) is 0 Å². The van der Waals surface area contributed by atoms with Crippen LogP contribution in [0.4, 0.5) is 4.39 Å². The van der Waals surface area contributed by atoms with Crippen molar-refractivity contribution in [3.05, 3.63) is 69.4 Å². The second-order valence-corrected chi connectivity index (χ2v) is 6.22. The second kappa shape index (κ2) is 5.03. The summed E-state index contributed by atoms with van der Waals surface area (Å²) >= 11 is 3.31. The molecule has 20 heavy (non-hydrogen) atoms. The fraction of sp³-hybridized carbons (Fsp3) is 0.235. The summed E-state index contributed by atoms with van der Waals surface area (Å²) < 4.78 is 14.2. The summed E-state index contributed by atoms with van der Waals surface area (Å²) in [5.41, 5.74) is 2.67. The number of aryl methyl sites for hydroxylation is 1. The molecule has 0 radical (unpaired) electrons. The van der Waals surface area contributed by atoms with Crippen LogP contribution in [0.5, 0.6) is 0 Å². The summed E-state index contributed by atoms with van der Waals surface area (Å²) in [6.07, 6.45) is 2.27. The van der Waals surface area contributed by atoms with Gasteiger partial charge in [-0.25, -0.2) is 4.39 Å². The van der Waals surface area contributed by atoms with Gasteiger partial charge in [0.2, 0.25) is 0 Å². The molecular formula is C17H13BrFN. The molecule has 0 heterocycles. The summed E-state index contributed by atoms with van der Waals surface area (Å²) in [6.45, 7) is 0. The van der Waals surface area contributed by atoms with Crippen LogP contribution in [0.1, 0.15) is 23.1 Å². The lowest BCUT2D eigenvalue weighted by molar-refractivity contribution is 0.537. The molecule has 1 aliphatic carbocycles. The van der Waals surface area contributed by atoms with Crippen LogP contribution in [0.15, 0.2) is 46.9 Å². The molecule has 1 atom stereocenters. The van der Waals surface area contributed by atoms with Gasteiger partial charge in [-0.1, -0.05) is 40.2 Å². The quantitative estimate of drug-likeness (QED) is 0.793. The largest absolute Gasteiger partial charge is 0.207 e. The molecule has 0 fully saturated rings. The fourth-order valence-corrected chi connectivity index (χ4v) is 3.60. The first-order valence-corrected chi connectivity index (χ1v) is 7.37. The zero-order valence-electron chi connectivity index (χ0n) is 10.9. The topological polar surface area (TPSA) is 23.8 Å². The third-order valence-electron chi connectivity index (χ3n) is 4.00. The third-order valence-corrected chi connectivity index (χ3v) is 4.45. The van der Waals surface area contributed by atoms with Crippen molar-refractivity contribution in [2.45, 2.75) is 24.7 Å². The van der Waals surface area contributed by atoms with Gasteiger partial charge in [-0.05, 0) is 54.2 Å². The lowest BCUT2D eigenvalue weighted by Gasteiger charge is -2.22. The molecule has 1 nitrogen and oxygen atoms in total. The molecule has 1 aliphatic rings. The number of rotatable bonds is 2. The fourth-order valence-electron chi connectivity index (χ4n) is 3.09. The molecule has 0 saturated carbocycles. The molecule has 3 rings (SSSR count). The van der Waals surface area contributed by atoms with Crippen LogP contribution in [0.3, 0.4) is 0 Å². The van der Waals surface area contributed by atoms with Crippen molar-refractivity contribution in [2.75, 3.05) is 0 Å².